The second-order valence-corrected chi connectivity index (χ2v) is 7.69. The largest absolute Gasteiger partial charge is 0.495 e. The molecule has 1 aromatic heterocycles. The van der Waals surface area contributed by atoms with Gasteiger partial charge in [0.1, 0.15) is 18.1 Å². The lowest BCUT2D eigenvalue weighted by Crippen LogP contribution is -2.01. The number of nitrogens with zero attached hydrogens (tertiary/aromatic N) is 2. The number of para-hydroxylation sites is 1. The van der Waals surface area contributed by atoms with Crippen LogP contribution in [0.4, 0.5) is 11.6 Å². The molecule has 0 saturated heterocycles. The lowest BCUT2D eigenvalue weighted by molar-refractivity contribution is 0.288. The molecule has 4 aromatic rings. The van der Waals surface area contributed by atoms with Crippen molar-refractivity contribution in [1.82, 2.24) is 9.97 Å². The molecule has 4 rings (SSSR count). The molecule has 1 N–H and O–H groups in total. The lowest BCUT2D eigenvalue weighted by Gasteiger charge is -2.13. The normalized spacial score (nSPS) is 10.4. The molecule has 0 aliphatic carbocycles. The predicted molar refractivity (Wildman–Crippen MR) is 141 cm³/mol. The first-order chi connectivity index (χ1) is 16.6. The zero-order valence-corrected chi connectivity index (χ0v) is 21.3. The Kier molecular flexibility index (Phi) is 9.23. The second kappa shape index (κ2) is 12.3. The van der Waals surface area contributed by atoms with Crippen LogP contribution in [0, 0.1) is 0 Å². The fourth-order valence-electron chi connectivity index (χ4n) is 3.46. The van der Waals surface area contributed by atoms with Crippen LogP contribution in [0.1, 0.15) is 19.4 Å². The quantitative estimate of drug-likeness (QED) is 0.248. The highest BCUT2D eigenvalue weighted by molar-refractivity contribution is 6.32. The zero-order chi connectivity index (χ0) is 23.9. The minimum absolute atomic E-state index is 0. The smallest absolute Gasteiger partial charge is 0.227 e. The van der Waals surface area contributed by atoms with Crippen molar-refractivity contribution in [1.29, 1.82) is 0 Å². The summed E-state index contributed by atoms with van der Waals surface area (Å²) in [5.41, 5.74) is 2.48. The minimum Gasteiger partial charge on any atom is -0.495 e. The predicted octanol–water partition coefficient (Wildman–Crippen LogP) is 6.83. The molecule has 3 aromatic carbocycles. The van der Waals surface area contributed by atoms with Gasteiger partial charge in [-0.2, -0.15) is 0 Å². The third-order valence-corrected chi connectivity index (χ3v) is 5.30. The molecule has 0 atom stereocenters. The standard InChI is InChI=1S/C26H26ClN3O4.ClH/c1-4-32-23-13-18-15-28-26(30-22(18)14-24(23)33-5-2)29-19-9-11-20(12-10-19)34-16-17-7-6-8-21(27)25(17)31-3;/h6-15H,4-5,16H2,1-3H3,(H,28,29,30);1H. The molecule has 0 radical (unpaired) electrons. The summed E-state index contributed by atoms with van der Waals surface area (Å²) in [6.45, 7) is 5.31. The van der Waals surface area contributed by atoms with Crippen molar-refractivity contribution < 1.29 is 18.9 Å². The van der Waals surface area contributed by atoms with Crippen molar-refractivity contribution >= 4 is 46.5 Å². The molecule has 0 bridgehead atoms. The SMILES string of the molecule is CCOc1cc2cnc(Nc3ccc(OCc4cccc(Cl)c4OC)cc3)nc2cc1OCC.Cl. The lowest BCUT2D eigenvalue weighted by atomic mass is 10.2. The molecule has 7 nitrogen and oxygen atoms in total. The van der Waals surface area contributed by atoms with Gasteiger partial charge in [-0.3, -0.25) is 0 Å². The van der Waals surface area contributed by atoms with Crippen LogP contribution in [0.2, 0.25) is 5.02 Å². The van der Waals surface area contributed by atoms with Crippen LogP contribution >= 0.6 is 24.0 Å². The maximum atomic E-state index is 6.18. The summed E-state index contributed by atoms with van der Waals surface area (Å²) >= 11 is 6.18. The molecule has 0 amide bonds. The van der Waals surface area contributed by atoms with Gasteiger partial charge in [-0.05, 0) is 50.2 Å². The molecule has 0 aliphatic rings. The van der Waals surface area contributed by atoms with E-state index in [9.17, 15) is 0 Å². The average molecular weight is 516 g/mol. The molecule has 35 heavy (non-hydrogen) atoms. The number of benzene rings is 3. The Morgan fingerprint density at radius 3 is 2.31 bits per heavy atom. The van der Waals surface area contributed by atoms with Gasteiger partial charge < -0.3 is 24.3 Å². The number of hydrogen-bond acceptors (Lipinski definition) is 7. The Morgan fingerprint density at radius 2 is 1.63 bits per heavy atom. The van der Waals surface area contributed by atoms with Crippen LogP contribution < -0.4 is 24.3 Å². The van der Waals surface area contributed by atoms with Crippen molar-refractivity contribution in [3.05, 3.63) is 71.4 Å². The van der Waals surface area contributed by atoms with Crippen molar-refractivity contribution in [2.75, 3.05) is 25.6 Å². The third-order valence-electron chi connectivity index (χ3n) is 5.00. The second-order valence-electron chi connectivity index (χ2n) is 7.29. The molecular formula is C26H27Cl2N3O4. The Hall–Kier alpha value is -3.42. The van der Waals surface area contributed by atoms with Gasteiger partial charge in [0.15, 0.2) is 11.5 Å². The highest BCUT2D eigenvalue weighted by Crippen LogP contribution is 2.33. The van der Waals surface area contributed by atoms with Gasteiger partial charge in [-0.1, -0.05) is 23.7 Å². The number of anilines is 2. The van der Waals surface area contributed by atoms with Gasteiger partial charge in [0.05, 0.1) is 30.9 Å². The molecule has 0 spiro atoms. The first kappa shape index (κ1) is 26.2. The number of rotatable bonds is 10. The third kappa shape index (κ3) is 6.38. The highest BCUT2D eigenvalue weighted by Gasteiger charge is 2.11. The Labute approximate surface area is 215 Å². The molecule has 0 fully saturated rings. The van der Waals surface area contributed by atoms with E-state index in [2.05, 4.69) is 15.3 Å². The maximum absolute atomic E-state index is 6.18. The first-order valence-corrected chi connectivity index (χ1v) is 11.4. The fraction of sp³-hybridized carbons (Fsp3) is 0.231. The maximum Gasteiger partial charge on any atom is 0.227 e. The monoisotopic (exact) mass is 515 g/mol. The number of halogens is 2. The summed E-state index contributed by atoms with van der Waals surface area (Å²) in [5.74, 6) is 3.18. The molecule has 184 valence electrons. The summed E-state index contributed by atoms with van der Waals surface area (Å²) < 4.78 is 22.7. The Morgan fingerprint density at radius 1 is 0.914 bits per heavy atom. The van der Waals surface area contributed by atoms with Crippen LogP contribution in [-0.2, 0) is 6.61 Å². The van der Waals surface area contributed by atoms with Gasteiger partial charge in [-0.25, -0.2) is 9.97 Å². The van der Waals surface area contributed by atoms with E-state index in [1.165, 1.54) is 0 Å². The van der Waals surface area contributed by atoms with E-state index in [0.717, 1.165) is 27.9 Å². The van der Waals surface area contributed by atoms with Gasteiger partial charge >= 0.3 is 0 Å². The number of fused-ring (bicyclic) bond motifs is 1. The van der Waals surface area contributed by atoms with Crippen molar-refractivity contribution in [2.24, 2.45) is 0 Å². The van der Waals surface area contributed by atoms with Gasteiger partial charge in [0.2, 0.25) is 5.95 Å². The van der Waals surface area contributed by atoms with E-state index in [4.69, 9.17) is 30.5 Å². The number of aromatic nitrogens is 2. The summed E-state index contributed by atoms with van der Waals surface area (Å²) in [5, 5.41) is 4.66. The van der Waals surface area contributed by atoms with Crippen LogP contribution in [0.15, 0.2) is 60.8 Å². The number of nitrogens with one attached hydrogen (secondary N) is 1. The van der Waals surface area contributed by atoms with Crippen LogP contribution in [0.5, 0.6) is 23.0 Å². The van der Waals surface area contributed by atoms with E-state index in [0.29, 0.717) is 48.0 Å². The summed E-state index contributed by atoms with van der Waals surface area (Å²) in [4.78, 5) is 9.05. The van der Waals surface area contributed by atoms with Crippen molar-refractivity contribution in [3.8, 4) is 23.0 Å². The van der Waals surface area contributed by atoms with Gasteiger partial charge in [0, 0.05) is 28.9 Å². The summed E-state index contributed by atoms with van der Waals surface area (Å²) in [6, 6.07) is 16.9. The zero-order valence-electron chi connectivity index (χ0n) is 19.7. The van der Waals surface area contributed by atoms with E-state index in [1.54, 1.807) is 19.4 Å². The summed E-state index contributed by atoms with van der Waals surface area (Å²) in [7, 11) is 1.59. The minimum atomic E-state index is 0. The van der Waals surface area contributed by atoms with Gasteiger partial charge in [-0.15, -0.1) is 12.4 Å². The molecule has 0 aliphatic heterocycles. The van der Waals surface area contributed by atoms with Crippen LogP contribution in [-0.4, -0.2) is 30.3 Å². The Bertz CT molecular complexity index is 1270. The van der Waals surface area contributed by atoms with E-state index in [1.807, 2.05) is 62.4 Å². The first-order valence-electron chi connectivity index (χ1n) is 11.0. The van der Waals surface area contributed by atoms with Crippen molar-refractivity contribution in [3.63, 3.8) is 0 Å². The molecule has 0 unspecified atom stereocenters. The van der Waals surface area contributed by atoms with E-state index in [-0.39, 0.29) is 12.4 Å². The molecule has 9 heteroatoms. The van der Waals surface area contributed by atoms with E-state index >= 15 is 0 Å². The van der Waals surface area contributed by atoms with Crippen LogP contribution in [0.3, 0.4) is 0 Å². The van der Waals surface area contributed by atoms with Crippen molar-refractivity contribution in [2.45, 2.75) is 20.5 Å². The molecular weight excluding hydrogens is 489 g/mol. The van der Waals surface area contributed by atoms with Crippen LogP contribution in [0.25, 0.3) is 10.9 Å². The molecule has 0 saturated carbocycles. The molecule has 1 heterocycles. The highest BCUT2D eigenvalue weighted by atomic mass is 35.5. The number of hydrogen-bond donors (Lipinski definition) is 1. The number of methoxy groups -OCH3 is 1. The summed E-state index contributed by atoms with van der Waals surface area (Å²) in [6.07, 6.45) is 1.76. The Balaban J connectivity index is 0.00000342. The average Bonchev–Trinajstić information content (AvgIpc) is 2.84. The topological polar surface area (TPSA) is 74.7 Å². The fourth-order valence-corrected chi connectivity index (χ4v) is 3.73. The van der Waals surface area contributed by atoms with E-state index < -0.39 is 0 Å². The van der Waals surface area contributed by atoms with Gasteiger partial charge in [0.25, 0.3) is 0 Å². The number of ether oxygens (including phenoxy) is 4.